The van der Waals surface area contributed by atoms with Crippen molar-refractivity contribution in [2.45, 2.75) is 20.4 Å². The van der Waals surface area contributed by atoms with Crippen molar-refractivity contribution in [2.24, 2.45) is 7.05 Å². The Morgan fingerprint density at radius 3 is 2.77 bits per heavy atom. The second-order valence-corrected chi connectivity index (χ2v) is 6.35. The maximum absolute atomic E-state index is 13.3. The van der Waals surface area contributed by atoms with Gasteiger partial charge in [-0.25, -0.2) is 4.98 Å². The number of carbonyl (C=O) groups is 1. The third-order valence-corrected chi connectivity index (χ3v) is 4.69. The number of hydrogen-bond acceptors (Lipinski definition) is 4. The molecule has 0 radical (unpaired) electrons. The van der Waals surface area contributed by atoms with E-state index >= 15 is 0 Å². The molecule has 0 unspecified atom stereocenters. The number of nitrogens with one attached hydrogen (secondary N) is 1. The molecule has 0 fully saturated rings. The Morgan fingerprint density at radius 1 is 1.38 bits per heavy atom. The minimum absolute atomic E-state index is 0.105. The number of benzene rings is 1. The molecule has 3 rings (SSSR count). The Labute approximate surface area is 152 Å². The average Bonchev–Trinajstić information content (AvgIpc) is 3.15. The number of imidazole rings is 1. The second kappa shape index (κ2) is 7.21. The van der Waals surface area contributed by atoms with Crippen LogP contribution in [0.3, 0.4) is 0 Å². The molecule has 2 aromatic heterocycles. The molecule has 26 heavy (non-hydrogen) atoms. The summed E-state index contributed by atoms with van der Waals surface area (Å²) in [5.74, 6) is 1.38. The van der Waals surface area contributed by atoms with Crippen molar-refractivity contribution in [3.8, 4) is 5.75 Å². The molecule has 0 aliphatic rings. The van der Waals surface area contributed by atoms with Crippen LogP contribution in [0.2, 0.25) is 0 Å². The number of aliphatic hydroxyl groups is 1. The highest BCUT2D eigenvalue weighted by Crippen LogP contribution is 2.29. The van der Waals surface area contributed by atoms with Gasteiger partial charge in [0.1, 0.15) is 11.6 Å². The number of fused-ring (bicyclic) bond motifs is 1. The number of hydrogen-bond donors (Lipinski definition) is 2. The predicted octanol–water partition coefficient (Wildman–Crippen LogP) is 2.16. The van der Waals surface area contributed by atoms with Gasteiger partial charge in [0.15, 0.2) is 0 Å². The summed E-state index contributed by atoms with van der Waals surface area (Å²) in [4.78, 5) is 22.3. The van der Waals surface area contributed by atoms with E-state index in [0.717, 1.165) is 28.1 Å². The second-order valence-electron chi connectivity index (χ2n) is 6.35. The molecule has 7 nitrogen and oxygen atoms in total. The number of amides is 1. The molecular weight excluding hydrogens is 332 g/mol. The summed E-state index contributed by atoms with van der Waals surface area (Å²) >= 11 is 0. The van der Waals surface area contributed by atoms with E-state index in [1.54, 1.807) is 18.2 Å². The van der Waals surface area contributed by atoms with E-state index in [4.69, 9.17) is 4.74 Å². The summed E-state index contributed by atoms with van der Waals surface area (Å²) in [6.07, 6.45) is 1.71. The van der Waals surface area contributed by atoms with Crippen LogP contribution in [0.15, 0.2) is 24.4 Å². The number of H-pyrrole nitrogens is 1. The third kappa shape index (κ3) is 3.17. The van der Waals surface area contributed by atoms with Gasteiger partial charge < -0.3 is 24.3 Å². The van der Waals surface area contributed by atoms with Crippen LogP contribution in [0.4, 0.5) is 0 Å². The van der Waals surface area contributed by atoms with Crippen LogP contribution in [0.1, 0.15) is 27.6 Å². The fraction of sp³-hybridized carbons (Fsp3) is 0.368. The highest BCUT2D eigenvalue weighted by molar-refractivity contribution is 6.08. The number of methoxy groups -OCH3 is 1. The summed E-state index contributed by atoms with van der Waals surface area (Å²) in [5.41, 5.74) is 3.31. The molecule has 138 valence electrons. The van der Waals surface area contributed by atoms with Gasteiger partial charge in [-0.3, -0.25) is 4.79 Å². The number of carbonyl (C=O) groups excluding carboxylic acids is 1. The van der Waals surface area contributed by atoms with Gasteiger partial charge in [-0.2, -0.15) is 0 Å². The van der Waals surface area contributed by atoms with Crippen molar-refractivity contribution < 1.29 is 14.6 Å². The molecule has 0 aliphatic carbocycles. The number of aromatic nitrogens is 3. The minimum atomic E-state index is -0.123. The smallest absolute Gasteiger partial charge is 0.256 e. The lowest BCUT2D eigenvalue weighted by atomic mass is 10.1. The summed E-state index contributed by atoms with van der Waals surface area (Å²) in [7, 11) is 3.55. The first-order valence-corrected chi connectivity index (χ1v) is 8.50. The van der Waals surface area contributed by atoms with Crippen LogP contribution in [-0.2, 0) is 13.6 Å². The van der Waals surface area contributed by atoms with Crippen LogP contribution in [-0.4, -0.2) is 50.7 Å². The highest BCUT2D eigenvalue weighted by atomic mass is 16.5. The van der Waals surface area contributed by atoms with Crippen molar-refractivity contribution >= 4 is 16.8 Å². The average molecular weight is 356 g/mol. The lowest BCUT2D eigenvalue weighted by Gasteiger charge is -2.21. The van der Waals surface area contributed by atoms with E-state index in [1.165, 1.54) is 0 Å². The number of nitrogens with zero attached hydrogens (tertiary/aromatic N) is 3. The molecule has 0 saturated carbocycles. The molecule has 0 saturated heterocycles. The molecule has 3 aromatic rings. The maximum Gasteiger partial charge on any atom is 0.256 e. The minimum Gasteiger partial charge on any atom is -0.497 e. The van der Waals surface area contributed by atoms with Crippen LogP contribution in [0, 0.1) is 13.8 Å². The third-order valence-electron chi connectivity index (χ3n) is 4.69. The Hall–Kier alpha value is -2.80. The van der Waals surface area contributed by atoms with E-state index in [1.807, 2.05) is 43.7 Å². The zero-order chi connectivity index (χ0) is 18.8. The summed E-state index contributed by atoms with van der Waals surface area (Å²) in [5, 5.41) is 10.3. The van der Waals surface area contributed by atoms with Gasteiger partial charge in [0.05, 0.1) is 37.7 Å². The summed E-state index contributed by atoms with van der Waals surface area (Å²) < 4.78 is 7.32. The first-order chi connectivity index (χ1) is 12.5. The van der Waals surface area contributed by atoms with Crippen molar-refractivity contribution in [3.05, 3.63) is 47.2 Å². The molecule has 0 bridgehead atoms. The van der Waals surface area contributed by atoms with Crippen LogP contribution in [0.5, 0.6) is 5.75 Å². The number of rotatable bonds is 6. The molecule has 2 heterocycles. The van der Waals surface area contributed by atoms with E-state index in [-0.39, 0.29) is 19.1 Å². The Kier molecular flexibility index (Phi) is 4.99. The first-order valence-electron chi connectivity index (χ1n) is 8.50. The van der Waals surface area contributed by atoms with Gasteiger partial charge in [0, 0.05) is 30.2 Å². The molecule has 2 N–H and O–H groups in total. The van der Waals surface area contributed by atoms with Gasteiger partial charge >= 0.3 is 0 Å². The van der Waals surface area contributed by atoms with Crippen LogP contribution in [0.25, 0.3) is 10.9 Å². The first kappa shape index (κ1) is 18.0. The number of aliphatic hydroxyl groups excluding tert-OH is 1. The lowest BCUT2D eigenvalue weighted by molar-refractivity contribution is 0.0706. The SMILES string of the molecule is COc1ccc2c(c1)c(C(=O)N(CCO)Cc1cnc(C)[nH]1)c(C)n2C. The maximum atomic E-state index is 13.3. The van der Waals surface area contributed by atoms with E-state index in [9.17, 15) is 9.90 Å². The number of aromatic amines is 1. The van der Waals surface area contributed by atoms with Gasteiger partial charge in [-0.05, 0) is 32.0 Å². The van der Waals surface area contributed by atoms with Gasteiger partial charge in [-0.1, -0.05) is 0 Å². The van der Waals surface area contributed by atoms with Crippen LogP contribution < -0.4 is 4.74 Å². The van der Waals surface area contributed by atoms with Gasteiger partial charge in [0.2, 0.25) is 0 Å². The van der Waals surface area contributed by atoms with E-state index < -0.39 is 0 Å². The largest absolute Gasteiger partial charge is 0.497 e. The van der Waals surface area contributed by atoms with Crippen molar-refractivity contribution in [1.82, 2.24) is 19.4 Å². The molecule has 0 atom stereocenters. The van der Waals surface area contributed by atoms with Gasteiger partial charge in [0.25, 0.3) is 5.91 Å². The Bertz CT molecular complexity index is 942. The normalized spacial score (nSPS) is 11.1. The molecular formula is C19H24N4O3. The fourth-order valence-corrected chi connectivity index (χ4v) is 3.24. The van der Waals surface area contributed by atoms with Crippen molar-refractivity contribution in [2.75, 3.05) is 20.3 Å². The predicted molar refractivity (Wildman–Crippen MR) is 99.4 cm³/mol. The Morgan fingerprint density at radius 2 is 2.15 bits per heavy atom. The lowest BCUT2D eigenvalue weighted by Crippen LogP contribution is -2.33. The van der Waals surface area contributed by atoms with E-state index in [0.29, 0.717) is 17.9 Å². The number of aryl methyl sites for hydroxylation is 2. The standard InChI is InChI=1S/C19H24N4O3/c1-12-18(16-9-15(26-4)5-6-17(16)22(12)3)19(25)23(7-8-24)11-14-10-20-13(2)21-14/h5-6,9-10,24H,7-8,11H2,1-4H3,(H,20,21). The zero-order valence-electron chi connectivity index (χ0n) is 15.5. The molecule has 1 amide bonds. The summed E-state index contributed by atoms with van der Waals surface area (Å²) in [6, 6.07) is 5.72. The highest BCUT2D eigenvalue weighted by Gasteiger charge is 2.24. The monoisotopic (exact) mass is 356 g/mol. The van der Waals surface area contributed by atoms with Crippen molar-refractivity contribution in [1.29, 1.82) is 0 Å². The fourth-order valence-electron chi connectivity index (χ4n) is 3.24. The van der Waals surface area contributed by atoms with Crippen molar-refractivity contribution in [3.63, 3.8) is 0 Å². The quantitative estimate of drug-likeness (QED) is 0.709. The Balaban J connectivity index is 2.04. The van der Waals surface area contributed by atoms with Gasteiger partial charge in [-0.15, -0.1) is 0 Å². The molecule has 7 heteroatoms. The van der Waals surface area contributed by atoms with E-state index in [2.05, 4.69) is 9.97 Å². The number of ether oxygens (including phenoxy) is 1. The molecule has 0 aliphatic heterocycles. The summed E-state index contributed by atoms with van der Waals surface area (Å²) in [6.45, 7) is 4.29. The zero-order valence-corrected chi connectivity index (χ0v) is 15.5. The van der Waals surface area contributed by atoms with Crippen LogP contribution >= 0.6 is 0 Å². The topological polar surface area (TPSA) is 83.4 Å². The molecule has 0 spiro atoms. The molecule has 1 aromatic carbocycles.